The van der Waals surface area contributed by atoms with Crippen LogP contribution in [0.25, 0.3) is 0 Å². The highest BCUT2D eigenvalue weighted by atomic mass is 127. The molecular formula is C17H33IN4O2S. The number of likely N-dealkylation sites (N-methyl/N-ethyl adjacent to an activating group) is 1. The number of nitrogens with one attached hydrogen (secondary N) is 2. The van der Waals surface area contributed by atoms with Gasteiger partial charge < -0.3 is 20.3 Å². The van der Waals surface area contributed by atoms with Crippen LogP contribution in [0.15, 0.2) is 4.99 Å². The van der Waals surface area contributed by atoms with Gasteiger partial charge in [0, 0.05) is 44.5 Å². The molecule has 3 atom stereocenters. The van der Waals surface area contributed by atoms with Gasteiger partial charge in [-0.1, -0.05) is 6.42 Å². The number of rotatable bonds is 6. The van der Waals surface area contributed by atoms with Crippen LogP contribution in [-0.4, -0.2) is 74.7 Å². The smallest absolute Gasteiger partial charge is 0.243 e. The molecule has 1 amide bonds. The minimum atomic E-state index is 0. The second-order valence-corrected chi connectivity index (χ2v) is 8.07. The molecule has 0 aromatic rings. The maximum absolute atomic E-state index is 11.8. The van der Waals surface area contributed by atoms with Crippen LogP contribution in [0.4, 0.5) is 0 Å². The van der Waals surface area contributed by atoms with Gasteiger partial charge >= 0.3 is 0 Å². The number of halogens is 1. The summed E-state index contributed by atoms with van der Waals surface area (Å²) in [6, 6.07) is 0.441. The Morgan fingerprint density at radius 1 is 1.32 bits per heavy atom. The zero-order chi connectivity index (χ0) is 17.4. The maximum atomic E-state index is 11.8. The van der Waals surface area contributed by atoms with Crippen molar-refractivity contribution in [2.24, 2.45) is 10.9 Å². The van der Waals surface area contributed by atoms with E-state index in [9.17, 15) is 4.79 Å². The molecule has 25 heavy (non-hydrogen) atoms. The van der Waals surface area contributed by atoms with E-state index < -0.39 is 0 Å². The van der Waals surface area contributed by atoms with Gasteiger partial charge in [0.05, 0.1) is 6.61 Å². The number of thioether (sulfide) groups is 1. The van der Waals surface area contributed by atoms with Crippen molar-refractivity contribution in [2.75, 3.05) is 46.7 Å². The molecule has 0 aromatic carbocycles. The average Bonchev–Trinajstić information content (AvgIpc) is 3.10. The lowest BCUT2D eigenvalue weighted by Gasteiger charge is -2.30. The predicted molar refractivity (Wildman–Crippen MR) is 116 cm³/mol. The molecule has 6 nitrogen and oxygen atoms in total. The molecule has 1 aliphatic carbocycles. The Morgan fingerprint density at radius 2 is 2.12 bits per heavy atom. The molecule has 2 fully saturated rings. The minimum Gasteiger partial charge on any atom is -0.381 e. The van der Waals surface area contributed by atoms with E-state index in [1.807, 2.05) is 11.8 Å². The van der Waals surface area contributed by atoms with Gasteiger partial charge in [-0.15, -0.1) is 24.0 Å². The third-order valence-electron chi connectivity index (χ3n) is 4.75. The molecule has 0 radical (unpaired) electrons. The molecule has 0 aromatic heterocycles. The summed E-state index contributed by atoms with van der Waals surface area (Å²) in [5, 5.41) is 7.70. The van der Waals surface area contributed by atoms with Crippen molar-refractivity contribution in [1.82, 2.24) is 15.5 Å². The summed E-state index contributed by atoms with van der Waals surface area (Å²) in [6.45, 7) is 2.70. The average molecular weight is 484 g/mol. The van der Waals surface area contributed by atoms with Crippen LogP contribution in [0.3, 0.4) is 0 Å². The van der Waals surface area contributed by atoms with Crippen molar-refractivity contribution in [1.29, 1.82) is 0 Å². The molecule has 146 valence electrons. The Hall–Kier alpha value is -0.220. The third-order valence-corrected chi connectivity index (χ3v) is 5.85. The number of nitrogens with zero attached hydrogens (tertiary/aromatic N) is 2. The molecule has 8 heteroatoms. The fourth-order valence-electron chi connectivity index (χ4n) is 3.11. The fourth-order valence-corrected chi connectivity index (χ4v) is 3.94. The van der Waals surface area contributed by atoms with Crippen molar-refractivity contribution in [3.05, 3.63) is 0 Å². The van der Waals surface area contributed by atoms with Crippen molar-refractivity contribution in [3.63, 3.8) is 0 Å². The Bertz CT molecular complexity index is 431. The molecule has 0 bridgehead atoms. The van der Waals surface area contributed by atoms with Crippen LogP contribution in [-0.2, 0) is 9.53 Å². The number of ether oxygens (including phenoxy) is 1. The quantitative estimate of drug-likeness (QED) is 0.343. The van der Waals surface area contributed by atoms with Gasteiger partial charge in [0.25, 0.3) is 0 Å². The first-order chi connectivity index (χ1) is 11.6. The van der Waals surface area contributed by atoms with Crippen LogP contribution in [0.5, 0.6) is 0 Å². The Morgan fingerprint density at radius 3 is 2.76 bits per heavy atom. The second-order valence-electron chi connectivity index (χ2n) is 6.93. The van der Waals surface area contributed by atoms with Crippen LogP contribution in [0.2, 0.25) is 0 Å². The van der Waals surface area contributed by atoms with E-state index in [1.54, 1.807) is 19.0 Å². The number of carbonyl (C=O) groups excluding carboxylic acids is 1. The summed E-state index contributed by atoms with van der Waals surface area (Å²) < 4.78 is 5.43. The first kappa shape index (κ1) is 22.8. The van der Waals surface area contributed by atoms with E-state index in [1.165, 1.54) is 19.3 Å². The van der Waals surface area contributed by atoms with Gasteiger partial charge in [0.1, 0.15) is 6.54 Å². The summed E-state index contributed by atoms with van der Waals surface area (Å²) in [7, 11) is 3.52. The highest BCUT2D eigenvalue weighted by Crippen LogP contribution is 2.26. The predicted octanol–water partition coefficient (Wildman–Crippen LogP) is 1.94. The van der Waals surface area contributed by atoms with E-state index in [0.717, 1.165) is 43.8 Å². The van der Waals surface area contributed by atoms with Crippen LogP contribution >= 0.6 is 35.7 Å². The van der Waals surface area contributed by atoms with Crippen LogP contribution in [0.1, 0.15) is 32.1 Å². The number of guanidine groups is 1. The Kier molecular flexibility index (Phi) is 11.2. The maximum Gasteiger partial charge on any atom is 0.243 e. The molecule has 1 heterocycles. The number of carbonyl (C=O) groups is 1. The zero-order valence-corrected chi connectivity index (χ0v) is 18.8. The Labute approximate surface area is 173 Å². The zero-order valence-electron chi connectivity index (χ0n) is 15.6. The second kappa shape index (κ2) is 12.2. The highest BCUT2D eigenvalue weighted by Gasteiger charge is 2.23. The van der Waals surface area contributed by atoms with Gasteiger partial charge in [-0.3, -0.25) is 4.79 Å². The van der Waals surface area contributed by atoms with Crippen molar-refractivity contribution in [3.8, 4) is 0 Å². The van der Waals surface area contributed by atoms with E-state index in [4.69, 9.17) is 4.74 Å². The summed E-state index contributed by atoms with van der Waals surface area (Å²) in [5.74, 6) is 1.32. The summed E-state index contributed by atoms with van der Waals surface area (Å²) in [6.07, 6.45) is 8.17. The van der Waals surface area contributed by atoms with E-state index >= 15 is 0 Å². The monoisotopic (exact) mass is 484 g/mol. The molecule has 2 aliphatic rings. The number of amides is 1. The van der Waals surface area contributed by atoms with Crippen molar-refractivity contribution in [2.45, 2.75) is 43.4 Å². The van der Waals surface area contributed by atoms with Crippen molar-refractivity contribution >= 4 is 47.6 Å². The molecular weight excluding hydrogens is 451 g/mol. The highest BCUT2D eigenvalue weighted by molar-refractivity contribution is 14.0. The van der Waals surface area contributed by atoms with Crippen LogP contribution in [0, 0.1) is 5.92 Å². The largest absolute Gasteiger partial charge is 0.381 e. The summed E-state index contributed by atoms with van der Waals surface area (Å²) in [5.41, 5.74) is 0. The molecule has 2 rings (SSSR count). The van der Waals surface area contributed by atoms with Crippen LogP contribution < -0.4 is 10.6 Å². The molecule has 2 N–H and O–H groups in total. The van der Waals surface area contributed by atoms with Gasteiger partial charge in [-0.05, 0) is 31.9 Å². The number of hydrogen-bond donors (Lipinski definition) is 2. The topological polar surface area (TPSA) is 66.0 Å². The van der Waals surface area contributed by atoms with E-state index in [-0.39, 0.29) is 36.4 Å². The number of aliphatic imine (C=N–C) groups is 1. The normalized spacial score (nSPS) is 26.7. The first-order valence-electron chi connectivity index (χ1n) is 8.94. The van der Waals surface area contributed by atoms with Gasteiger partial charge in [0.15, 0.2) is 5.96 Å². The molecule has 1 saturated carbocycles. The summed E-state index contributed by atoms with van der Waals surface area (Å²) in [4.78, 5) is 17.9. The lowest BCUT2D eigenvalue weighted by Crippen LogP contribution is -2.47. The standard InChI is InChI=1S/C17H32N4O2S.HI/c1-21(2)16(22)11-19-17(18-10-13-7-8-23-12-13)20-14-5-4-6-15(9-14)24-3;/h13-15H,4-12H2,1-3H3,(H2,18,19,20);1H. The fraction of sp³-hybridized carbons (Fsp3) is 0.882. The van der Waals surface area contributed by atoms with Gasteiger partial charge in [-0.2, -0.15) is 11.8 Å². The molecule has 1 aliphatic heterocycles. The van der Waals surface area contributed by atoms with E-state index in [2.05, 4.69) is 21.9 Å². The lowest BCUT2D eigenvalue weighted by atomic mass is 9.95. The molecule has 1 saturated heterocycles. The molecule has 0 spiro atoms. The van der Waals surface area contributed by atoms with Gasteiger partial charge in [-0.25, -0.2) is 4.99 Å². The van der Waals surface area contributed by atoms with Crippen molar-refractivity contribution < 1.29 is 9.53 Å². The molecule has 3 unspecified atom stereocenters. The van der Waals surface area contributed by atoms with E-state index in [0.29, 0.717) is 12.0 Å². The first-order valence-corrected chi connectivity index (χ1v) is 10.2. The SMILES string of the molecule is CSC1CCCC(NC(=NCC(=O)N(C)C)NCC2CCOC2)C1.I. The Balaban J connectivity index is 0.00000312. The summed E-state index contributed by atoms with van der Waals surface area (Å²) >= 11 is 1.95. The third kappa shape index (κ3) is 8.34. The minimum absolute atomic E-state index is 0. The number of hydrogen-bond acceptors (Lipinski definition) is 4. The van der Waals surface area contributed by atoms with Gasteiger partial charge in [0.2, 0.25) is 5.91 Å². The lowest BCUT2D eigenvalue weighted by molar-refractivity contribution is -0.127.